The lowest BCUT2D eigenvalue weighted by Gasteiger charge is -2.38. The van der Waals surface area contributed by atoms with Crippen molar-refractivity contribution in [3.8, 4) is 0 Å². The maximum absolute atomic E-state index is 14.0. The zero-order valence-electron chi connectivity index (χ0n) is 22.8. The number of aliphatic hydroxyl groups is 1. The number of ether oxygens (including phenoxy) is 1. The molecule has 3 fully saturated rings. The number of aliphatic hydroxyl groups excluding tert-OH is 1. The molecule has 3 saturated heterocycles. The molecule has 0 aliphatic carbocycles. The van der Waals surface area contributed by atoms with Crippen molar-refractivity contribution in [2.75, 3.05) is 20.2 Å². The van der Waals surface area contributed by atoms with Crippen molar-refractivity contribution < 1.29 is 24.2 Å². The first-order chi connectivity index (χ1) is 16.3. The quantitative estimate of drug-likeness (QED) is 0.384. The van der Waals surface area contributed by atoms with Crippen LogP contribution in [0.1, 0.15) is 92.9 Å². The second-order valence-corrected chi connectivity index (χ2v) is 12.7. The molecular weight excluding hydrogens is 446 g/mol. The minimum absolute atomic E-state index is 0.0222. The van der Waals surface area contributed by atoms with E-state index in [1.807, 2.05) is 20.8 Å². The maximum Gasteiger partial charge on any atom is 0.246 e. The highest BCUT2D eigenvalue weighted by atomic mass is 16.5. The summed E-state index contributed by atoms with van der Waals surface area (Å²) in [6, 6.07) is -0.750. The van der Waals surface area contributed by atoms with Crippen LogP contribution >= 0.6 is 0 Å². The number of carbonyl (C=O) groups excluding carboxylic acids is 3. The molecule has 0 saturated carbocycles. The van der Waals surface area contributed by atoms with Gasteiger partial charge in [0, 0.05) is 25.7 Å². The van der Waals surface area contributed by atoms with Crippen LogP contribution in [0.25, 0.3) is 0 Å². The number of hydrogen-bond donors (Lipinski definition) is 3. The summed E-state index contributed by atoms with van der Waals surface area (Å²) >= 11 is 0. The van der Waals surface area contributed by atoms with Gasteiger partial charge < -0.3 is 25.4 Å². The van der Waals surface area contributed by atoms with Gasteiger partial charge in [-0.1, -0.05) is 40.5 Å². The van der Waals surface area contributed by atoms with Gasteiger partial charge in [-0.3, -0.25) is 14.4 Å². The number of unbranched alkanes of at least 4 members (excludes halogenated alkanes) is 3. The normalized spacial score (nSPS) is 32.2. The highest BCUT2D eigenvalue weighted by Crippen LogP contribution is 2.64. The van der Waals surface area contributed by atoms with Crippen molar-refractivity contribution in [3.05, 3.63) is 0 Å². The Hall–Kier alpha value is -1.67. The summed E-state index contributed by atoms with van der Waals surface area (Å²) in [5.74, 6) is -1.73. The molecule has 3 N–H and O–H groups in total. The van der Waals surface area contributed by atoms with Gasteiger partial charge in [-0.2, -0.15) is 0 Å². The number of rotatable bonds is 11. The first-order valence-corrected chi connectivity index (χ1v) is 13.4. The zero-order chi connectivity index (χ0) is 26.2. The van der Waals surface area contributed by atoms with E-state index in [1.54, 1.807) is 11.9 Å². The average molecular weight is 494 g/mol. The van der Waals surface area contributed by atoms with Crippen LogP contribution in [-0.2, 0) is 19.1 Å². The molecule has 3 aliphatic rings. The van der Waals surface area contributed by atoms with Crippen LogP contribution in [-0.4, -0.2) is 70.7 Å². The lowest BCUT2D eigenvalue weighted by Crippen LogP contribution is -2.59. The first-order valence-electron chi connectivity index (χ1n) is 13.4. The third kappa shape index (κ3) is 5.10. The topological polar surface area (TPSA) is 108 Å². The molecule has 3 heterocycles. The molecular formula is C27H47N3O5. The molecule has 3 amide bonds. The van der Waals surface area contributed by atoms with Crippen molar-refractivity contribution in [2.24, 2.45) is 17.3 Å². The molecule has 3 aliphatic heterocycles. The van der Waals surface area contributed by atoms with Crippen LogP contribution in [0, 0.1) is 17.3 Å². The van der Waals surface area contributed by atoms with Gasteiger partial charge in [-0.05, 0) is 57.8 Å². The van der Waals surface area contributed by atoms with E-state index in [9.17, 15) is 14.4 Å². The SMILES string of the molecule is CC[C@]12CCC3(O1)C(C(=O)NC(C)(C)CC(C)(C)C)N(CCCCCCO)C(=O)[C@@H]3[C@H]2C(=O)NC. The molecule has 0 aromatic heterocycles. The van der Waals surface area contributed by atoms with Crippen LogP contribution < -0.4 is 10.6 Å². The molecule has 0 aromatic rings. The number of amides is 3. The van der Waals surface area contributed by atoms with Crippen LogP contribution in [0.5, 0.6) is 0 Å². The molecule has 1 spiro atoms. The first kappa shape index (κ1) is 27.9. The van der Waals surface area contributed by atoms with Gasteiger partial charge in [0.2, 0.25) is 17.7 Å². The monoisotopic (exact) mass is 493 g/mol. The van der Waals surface area contributed by atoms with Crippen LogP contribution in [0.3, 0.4) is 0 Å². The largest absolute Gasteiger partial charge is 0.396 e. The van der Waals surface area contributed by atoms with E-state index in [4.69, 9.17) is 9.84 Å². The third-order valence-electron chi connectivity index (χ3n) is 8.20. The Morgan fingerprint density at radius 2 is 1.74 bits per heavy atom. The molecule has 0 radical (unpaired) electrons. The van der Waals surface area contributed by atoms with E-state index in [2.05, 4.69) is 31.4 Å². The van der Waals surface area contributed by atoms with Gasteiger partial charge in [0.15, 0.2) is 0 Å². The summed E-state index contributed by atoms with van der Waals surface area (Å²) in [4.78, 5) is 42.7. The molecule has 2 unspecified atom stereocenters. The standard InChI is InChI=1S/C27H47N3O5/c1-8-26-13-14-27(35-26)19(18(26)21(32)28-7)23(34)30(15-11-9-10-12-16-31)20(27)22(33)29-25(5,6)17-24(2,3)4/h18-20,31H,8-17H2,1-7H3,(H,28,32)(H,29,33)/t18-,19-,20?,26+,27?/m0/s1. The second-order valence-electron chi connectivity index (χ2n) is 12.7. The summed E-state index contributed by atoms with van der Waals surface area (Å²) in [6.07, 6.45) is 5.89. The predicted octanol–water partition coefficient (Wildman–Crippen LogP) is 2.77. The minimum Gasteiger partial charge on any atom is -0.396 e. The second kappa shape index (κ2) is 10.0. The Labute approximate surface area is 210 Å². The Balaban J connectivity index is 1.95. The Morgan fingerprint density at radius 1 is 1.09 bits per heavy atom. The van der Waals surface area contributed by atoms with Gasteiger partial charge >= 0.3 is 0 Å². The van der Waals surface area contributed by atoms with Crippen LogP contribution in [0.4, 0.5) is 0 Å². The summed E-state index contributed by atoms with van der Waals surface area (Å²) in [6.45, 7) is 13.1. The lowest BCUT2D eigenvalue weighted by atomic mass is 9.65. The number of likely N-dealkylation sites (tertiary alicyclic amines) is 1. The Morgan fingerprint density at radius 3 is 2.31 bits per heavy atom. The Kier molecular flexibility index (Phi) is 7.98. The lowest BCUT2D eigenvalue weighted by molar-refractivity contribution is -0.148. The number of carbonyl (C=O) groups is 3. The molecule has 8 nitrogen and oxygen atoms in total. The van der Waals surface area contributed by atoms with Crippen molar-refractivity contribution >= 4 is 17.7 Å². The summed E-state index contributed by atoms with van der Waals surface area (Å²) < 4.78 is 6.73. The zero-order valence-corrected chi connectivity index (χ0v) is 22.8. The highest BCUT2D eigenvalue weighted by Gasteiger charge is 2.78. The van der Waals surface area contributed by atoms with E-state index in [1.165, 1.54) is 0 Å². The summed E-state index contributed by atoms with van der Waals surface area (Å²) in [5.41, 5.74) is -2.11. The highest BCUT2D eigenvalue weighted by molar-refractivity contribution is 5.99. The maximum atomic E-state index is 14.0. The number of fused-ring (bicyclic) bond motifs is 1. The fourth-order valence-electron chi connectivity index (χ4n) is 7.33. The third-order valence-corrected chi connectivity index (χ3v) is 8.20. The Bertz CT molecular complexity index is 822. The van der Waals surface area contributed by atoms with Crippen molar-refractivity contribution in [3.63, 3.8) is 0 Å². The fraction of sp³-hybridized carbons (Fsp3) is 0.889. The van der Waals surface area contributed by atoms with E-state index >= 15 is 0 Å². The summed E-state index contributed by atoms with van der Waals surface area (Å²) in [5, 5.41) is 15.1. The fourth-order valence-corrected chi connectivity index (χ4v) is 7.33. The van der Waals surface area contributed by atoms with E-state index in [0.29, 0.717) is 25.8 Å². The summed E-state index contributed by atoms with van der Waals surface area (Å²) in [7, 11) is 1.60. The van der Waals surface area contributed by atoms with Crippen molar-refractivity contribution in [1.82, 2.24) is 15.5 Å². The number of nitrogens with zero attached hydrogens (tertiary/aromatic N) is 1. The molecule has 200 valence electrons. The molecule has 8 heteroatoms. The minimum atomic E-state index is -0.975. The molecule has 2 bridgehead atoms. The van der Waals surface area contributed by atoms with Crippen molar-refractivity contribution in [1.29, 1.82) is 0 Å². The van der Waals surface area contributed by atoms with Gasteiger partial charge in [0.1, 0.15) is 11.6 Å². The van der Waals surface area contributed by atoms with E-state index < -0.39 is 34.6 Å². The number of nitrogens with one attached hydrogen (secondary N) is 2. The van der Waals surface area contributed by atoms with E-state index in [-0.39, 0.29) is 29.7 Å². The predicted molar refractivity (Wildman–Crippen MR) is 134 cm³/mol. The molecule has 3 rings (SSSR count). The van der Waals surface area contributed by atoms with Crippen molar-refractivity contribution in [2.45, 2.75) is 116 Å². The van der Waals surface area contributed by atoms with Crippen LogP contribution in [0.15, 0.2) is 0 Å². The smallest absolute Gasteiger partial charge is 0.246 e. The van der Waals surface area contributed by atoms with Gasteiger partial charge in [-0.15, -0.1) is 0 Å². The van der Waals surface area contributed by atoms with E-state index in [0.717, 1.165) is 32.1 Å². The average Bonchev–Trinajstić information content (AvgIpc) is 3.34. The molecule has 0 aromatic carbocycles. The van der Waals surface area contributed by atoms with Gasteiger partial charge in [0.05, 0.1) is 17.4 Å². The van der Waals surface area contributed by atoms with Gasteiger partial charge in [-0.25, -0.2) is 0 Å². The van der Waals surface area contributed by atoms with Crippen LogP contribution in [0.2, 0.25) is 0 Å². The molecule has 5 atom stereocenters. The number of hydrogen-bond acceptors (Lipinski definition) is 5. The van der Waals surface area contributed by atoms with Gasteiger partial charge in [0.25, 0.3) is 0 Å². The molecule has 35 heavy (non-hydrogen) atoms.